The Balaban J connectivity index is 2.54. The van der Waals surface area contributed by atoms with Crippen LogP contribution in [0, 0.1) is 0 Å². The van der Waals surface area contributed by atoms with Gasteiger partial charge in [-0.05, 0) is 23.5 Å². The second kappa shape index (κ2) is 5.58. The number of nitrogens with zero attached hydrogens (tertiary/aromatic N) is 2. The number of hydrogen-bond acceptors (Lipinski definition) is 2. The van der Waals surface area contributed by atoms with E-state index in [-0.39, 0.29) is 11.5 Å². The molecule has 1 aromatic carbocycles. The molecule has 1 heterocycles. The minimum atomic E-state index is -0.264. The Morgan fingerprint density at radius 3 is 2.55 bits per heavy atom. The molecule has 0 radical (unpaired) electrons. The van der Waals surface area contributed by atoms with E-state index < -0.39 is 0 Å². The zero-order valence-electron chi connectivity index (χ0n) is 12.5. The molecule has 0 spiro atoms. The smallest absolute Gasteiger partial charge is 0.0837 e. The quantitative estimate of drug-likeness (QED) is 0.932. The van der Waals surface area contributed by atoms with Gasteiger partial charge in [-0.1, -0.05) is 56.6 Å². The number of aryl methyl sites for hydroxylation is 1. The van der Waals surface area contributed by atoms with Gasteiger partial charge in [0.25, 0.3) is 0 Å². The molecule has 3 nitrogen and oxygen atoms in total. The van der Waals surface area contributed by atoms with Gasteiger partial charge in [-0.25, -0.2) is 0 Å². The van der Waals surface area contributed by atoms with E-state index in [4.69, 9.17) is 17.3 Å². The summed E-state index contributed by atoms with van der Waals surface area (Å²) in [6.07, 6.45) is 1.67. The maximum absolute atomic E-state index is 6.49. The maximum atomic E-state index is 6.49. The van der Waals surface area contributed by atoms with Crippen molar-refractivity contribution in [3.8, 4) is 0 Å². The third kappa shape index (κ3) is 2.74. The zero-order chi connectivity index (χ0) is 14.9. The van der Waals surface area contributed by atoms with Gasteiger partial charge in [-0.15, -0.1) is 0 Å². The van der Waals surface area contributed by atoms with Crippen LogP contribution in [0.5, 0.6) is 0 Å². The van der Waals surface area contributed by atoms with Crippen molar-refractivity contribution in [2.75, 3.05) is 0 Å². The topological polar surface area (TPSA) is 43.8 Å². The molecule has 0 bridgehead atoms. The highest BCUT2D eigenvalue weighted by Crippen LogP contribution is 2.33. The Bertz CT molecular complexity index is 596. The van der Waals surface area contributed by atoms with Crippen molar-refractivity contribution in [3.63, 3.8) is 0 Å². The van der Waals surface area contributed by atoms with E-state index in [0.717, 1.165) is 17.8 Å². The Morgan fingerprint density at radius 2 is 1.95 bits per heavy atom. The van der Waals surface area contributed by atoms with Gasteiger partial charge in [0, 0.05) is 6.54 Å². The molecule has 0 aliphatic rings. The van der Waals surface area contributed by atoms with Gasteiger partial charge in [-0.3, -0.25) is 4.68 Å². The van der Waals surface area contributed by atoms with E-state index in [2.05, 4.69) is 44.1 Å². The molecule has 0 fully saturated rings. The van der Waals surface area contributed by atoms with E-state index in [0.29, 0.717) is 5.02 Å². The summed E-state index contributed by atoms with van der Waals surface area (Å²) in [6.45, 7) is 9.37. The lowest BCUT2D eigenvalue weighted by Gasteiger charge is -2.26. The van der Waals surface area contributed by atoms with Crippen LogP contribution in [-0.4, -0.2) is 9.78 Å². The van der Waals surface area contributed by atoms with Gasteiger partial charge < -0.3 is 5.73 Å². The fourth-order valence-electron chi connectivity index (χ4n) is 2.53. The Hall–Kier alpha value is -1.32. The minimum absolute atomic E-state index is 0.0394. The van der Waals surface area contributed by atoms with Gasteiger partial charge in [0.2, 0.25) is 0 Å². The van der Waals surface area contributed by atoms with Crippen LogP contribution in [-0.2, 0) is 12.0 Å². The number of halogens is 1. The summed E-state index contributed by atoms with van der Waals surface area (Å²) in [6, 6.07) is 8.02. The van der Waals surface area contributed by atoms with Crippen LogP contribution < -0.4 is 5.73 Å². The van der Waals surface area contributed by atoms with Crippen LogP contribution in [0.25, 0.3) is 0 Å². The molecule has 2 aromatic rings. The fourth-order valence-corrected chi connectivity index (χ4v) is 2.79. The number of benzene rings is 1. The number of nitrogens with two attached hydrogens (primary N) is 1. The molecule has 0 aliphatic heterocycles. The molecule has 0 saturated heterocycles. The molecule has 0 aliphatic carbocycles. The number of hydrogen-bond donors (Lipinski definition) is 1. The third-order valence-electron chi connectivity index (χ3n) is 3.53. The first-order valence-corrected chi connectivity index (χ1v) is 7.30. The van der Waals surface area contributed by atoms with E-state index in [9.17, 15) is 0 Å². The molecule has 108 valence electrons. The first-order chi connectivity index (χ1) is 9.36. The fraction of sp³-hybridized carbons (Fsp3) is 0.438. The lowest BCUT2D eigenvalue weighted by atomic mass is 9.81. The van der Waals surface area contributed by atoms with Gasteiger partial charge in [-0.2, -0.15) is 5.10 Å². The van der Waals surface area contributed by atoms with Gasteiger partial charge >= 0.3 is 0 Å². The Kier molecular flexibility index (Phi) is 4.21. The van der Waals surface area contributed by atoms with Crippen molar-refractivity contribution in [1.29, 1.82) is 0 Å². The van der Waals surface area contributed by atoms with Gasteiger partial charge in [0.1, 0.15) is 0 Å². The highest BCUT2D eigenvalue weighted by atomic mass is 35.5. The summed E-state index contributed by atoms with van der Waals surface area (Å²) < 4.78 is 1.87. The lowest BCUT2D eigenvalue weighted by Crippen LogP contribution is -2.23. The predicted molar refractivity (Wildman–Crippen MR) is 84.1 cm³/mol. The Morgan fingerprint density at radius 1 is 1.30 bits per heavy atom. The van der Waals surface area contributed by atoms with Crippen molar-refractivity contribution >= 4 is 11.6 Å². The molecule has 2 rings (SSSR count). The first-order valence-electron chi connectivity index (χ1n) is 6.92. The van der Waals surface area contributed by atoms with E-state index in [1.807, 2.05) is 17.7 Å². The molecule has 1 unspecified atom stereocenters. The molecule has 2 N–H and O–H groups in total. The van der Waals surface area contributed by atoms with Crippen LogP contribution in [0.4, 0.5) is 0 Å². The van der Waals surface area contributed by atoms with Crippen LogP contribution in [0.3, 0.4) is 0 Å². The highest BCUT2D eigenvalue weighted by Gasteiger charge is 2.24. The molecule has 20 heavy (non-hydrogen) atoms. The van der Waals surface area contributed by atoms with E-state index in [1.54, 1.807) is 6.20 Å². The zero-order valence-corrected chi connectivity index (χ0v) is 13.3. The normalized spacial score (nSPS) is 13.5. The van der Waals surface area contributed by atoms with Crippen molar-refractivity contribution in [1.82, 2.24) is 9.78 Å². The number of rotatable bonds is 3. The third-order valence-corrected chi connectivity index (χ3v) is 3.82. The van der Waals surface area contributed by atoms with E-state index in [1.165, 1.54) is 5.56 Å². The second-order valence-corrected chi connectivity index (χ2v) is 6.42. The average molecular weight is 292 g/mol. The monoisotopic (exact) mass is 291 g/mol. The van der Waals surface area contributed by atoms with Crippen LogP contribution in [0.15, 0.2) is 30.5 Å². The molecule has 1 atom stereocenters. The predicted octanol–water partition coefficient (Wildman–Crippen LogP) is 3.90. The molecular weight excluding hydrogens is 270 g/mol. The van der Waals surface area contributed by atoms with E-state index >= 15 is 0 Å². The molecule has 4 heteroatoms. The highest BCUT2D eigenvalue weighted by molar-refractivity contribution is 6.31. The summed E-state index contributed by atoms with van der Waals surface area (Å²) in [5.41, 5.74) is 9.76. The largest absolute Gasteiger partial charge is 0.319 e. The van der Waals surface area contributed by atoms with Crippen molar-refractivity contribution in [2.24, 2.45) is 5.73 Å². The van der Waals surface area contributed by atoms with Gasteiger partial charge in [0.15, 0.2) is 0 Å². The molecule has 0 saturated carbocycles. The molecule has 1 aromatic heterocycles. The minimum Gasteiger partial charge on any atom is -0.319 e. The number of aromatic nitrogens is 2. The SMILES string of the molecule is CCn1ncc(Cl)c1C(N)c1ccccc1C(C)(C)C. The van der Waals surface area contributed by atoms with Crippen molar-refractivity contribution < 1.29 is 0 Å². The average Bonchev–Trinajstić information content (AvgIpc) is 2.78. The molecule has 0 amide bonds. The van der Waals surface area contributed by atoms with Crippen molar-refractivity contribution in [3.05, 3.63) is 52.3 Å². The summed E-state index contributed by atoms with van der Waals surface area (Å²) >= 11 is 6.27. The standard InChI is InChI=1S/C16H22ClN3/c1-5-20-15(13(17)10-19-20)14(18)11-8-6-7-9-12(11)16(2,3)4/h6-10,14H,5,18H2,1-4H3. The van der Waals surface area contributed by atoms with Crippen LogP contribution in [0.2, 0.25) is 5.02 Å². The second-order valence-electron chi connectivity index (χ2n) is 6.01. The lowest BCUT2D eigenvalue weighted by molar-refractivity contribution is 0.563. The van der Waals surface area contributed by atoms with Crippen molar-refractivity contribution in [2.45, 2.75) is 45.7 Å². The first kappa shape index (κ1) is 15.1. The van der Waals surface area contributed by atoms with Crippen LogP contribution >= 0.6 is 11.6 Å². The van der Waals surface area contributed by atoms with Crippen LogP contribution in [0.1, 0.15) is 50.6 Å². The summed E-state index contributed by atoms with van der Waals surface area (Å²) in [5, 5.41) is 4.91. The van der Waals surface area contributed by atoms with Gasteiger partial charge in [0.05, 0.1) is 23.0 Å². The summed E-state index contributed by atoms with van der Waals surface area (Å²) in [7, 11) is 0. The summed E-state index contributed by atoms with van der Waals surface area (Å²) in [4.78, 5) is 0. The Labute approximate surface area is 125 Å². The molecular formula is C16H22ClN3. The maximum Gasteiger partial charge on any atom is 0.0837 e. The summed E-state index contributed by atoms with van der Waals surface area (Å²) in [5.74, 6) is 0.